The third-order valence-electron chi connectivity index (χ3n) is 2.14. The highest BCUT2D eigenvalue weighted by Gasteiger charge is 2.11. The molecule has 2 aromatic rings. The van der Waals surface area contributed by atoms with Crippen molar-refractivity contribution in [2.75, 3.05) is 11.1 Å². The molecule has 0 radical (unpaired) electrons. The Morgan fingerprint density at radius 1 is 1.11 bits per heavy atom. The molecule has 1 aromatic heterocycles. The number of pyridine rings is 1. The van der Waals surface area contributed by atoms with Gasteiger partial charge in [0.15, 0.2) is 23.3 Å². The zero-order valence-corrected chi connectivity index (χ0v) is 10.4. The second kappa shape index (κ2) is 4.96. The van der Waals surface area contributed by atoms with E-state index in [2.05, 4.69) is 10.3 Å². The molecule has 0 atom stereocenters. The summed E-state index contributed by atoms with van der Waals surface area (Å²) in [6.07, 6.45) is 0. The van der Waals surface area contributed by atoms with Crippen LogP contribution in [0.2, 0.25) is 10.0 Å². The highest BCUT2D eigenvalue weighted by Crippen LogP contribution is 2.29. The van der Waals surface area contributed by atoms with Gasteiger partial charge in [0.05, 0.1) is 10.7 Å². The molecule has 3 N–H and O–H groups in total. The van der Waals surface area contributed by atoms with Crippen LogP contribution in [0.1, 0.15) is 0 Å². The van der Waals surface area contributed by atoms with Crippen molar-refractivity contribution >= 4 is 40.5 Å². The molecule has 0 aliphatic rings. The Morgan fingerprint density at radius 2 is 1.83 bits per heavy atom. The van der Waals surface area contributed by atoms with E-state index in [0.29, 0.717) is 21.8 Å². The van der Waals surface area contributed by atoms with E-state index in [0.717, 1.165) is 0 Å². The largest absolute Gasteiger partial charge is 0.381 e. The number of nitrogens with one attached hydrogen (secondary N) is 1. The molecule has 0 saturated heterocycles. The zero-order chi connectivity index (χ0) is 13.3. The van der Waals surface area contributed by atoms with Gasteiger partial charge in [0.1, 0.15) is 0 Å². The molecule has 0 bridgehead atoms. The van der Waals surface area contributed by atoms with E-state index >= 15 is 0 Å². The van der Waals surface area contributed by atoms with Crippen LogP contribution in [0.5, 0.6) is 0 Å². The van der Waals surface area contributed by atoms with Gasteiger partial charge in [-0.25, -0.2) is 13.8 Å². The lowest BCUT2D eigenvalue weighted by molar-refractivity contribution is 0.581. The number of hydrogen-bond acceptors (Lipinski definition) is 3. The van der Waals surface area contributed by atoms with Crippen LogP contribution in [-0.4, -0.2) is 4.98 Å². The second-order valence-electron chi connectivity index (χ2n) is 3.44. The highest BCUT2D eigenvalue weighted by atomic mass is 35.5. The number of nitrogens with zero attached hydrogens (tertiary/aromatic N) is 1. The fourth-order valence-electron chi connectivity index (χ4n) is 1.29. The predicted molar refractivity (Wildman–Crippen MR) is 68.3 cm³/mol. The number of nitrogens with two attached hydrogens (primary N) is 1. The van der Waals surface area contributed by atoms with Gasteiger partial charge in [0.2, 0.25) is 0 Å². The SMILES string of the molecule is Nc1nc(Nc2cc(Cl)ccc2Cl)c(F)cc1F. The Hall–Kier alpha value is -1.59. The molecule has 0 aliphatic heterocycles. The molecule has 1 heterocycles. The third-order valence-corrected chi connectivity index (χ3v) is 2.70. The molecule has 0 saturated carbocycles. The molecule has 0 amide bonds. The number of nitrogen functional groups attached to an aromatic ring is 1. The quantitative estimate of drug-likeness (QED) is 0.879. The lowest BCUT2D eigenvalue weighted by Gasteiger charge is -2.09. The number of halogens is 4. The molecule has 18 heavy (non-hydrogen) atoms. The van der Waals surface area contributed by atoms with Gasteiger partial charge in [0.25, 0.3) is 0 Å². The summed E-state index contributed by atoms with van der Waals surface area (Å²) in [5, 5.41) is 3.34. The summed E-state index contributed by atoms with van der Waals surface area (Å²) in [6, 6.07) is 5.25. The lowest BCUT2D eigenvalue weighted by atomic mass is 10.3. The maximum Gasteiger partial charge on any atom is 0.169 e. The molecule has 0 unspecified atom stereocenters. The van der Waals surface area contributed by atoms with E-state index in [1.807, 2.05) is 0 Å². The van der Waals surface area contributed by atoms with E-state index < -0.39 is 17.5 Å². The average Bonchev–Trinajstić information content (AvgIpc) is 2.30. The van der Waals surface area contributed by atoms with Crippen LogP contribution in [-0.2, 0) is 0 Å². The standard InChI is InChI=1S/C11H7Cl2F2N3/c12-5-1-2-6(13)9(3-5)17-11-8(15)4-7(14)10(16)18-11/h1-4H,(H3,16,17,18). The maximum atomic E-state index is 13.5. The van der Waals surface area contributed by atoms with E-state index in [4.69, 9.17) is 28.9 Å². The molecule has 7 heteroatoms. The summed E-state index contributed by atoms with van der Waals surface area (Å²) in [7, 11) is 0. The predicted octanol–water partition coefficient (Wildman–Crippen LogP) is 3.99. The van der Waals surface area contributed by atoms with Gasteiger partial charge in [-0.3, -0.25) is 0 Å². The van der Waals surface area contributed by atoms with Gasteiger partial charge in [0, 0.05) is 11.1 Å². The van der Waals surface area contributed by atoms with Crippen LogP contribution in [0.25, 0.3) is 0 Å². The van der Waals surface area contributed by atoms with Gasteiger partial charge in [-0.1, -0.05) is 23.2 Å². The molecule has 2 rings (SSSR count). The van der Waals surface area contributed by atoms with Gasteiger partial charge in [-0.15, -0.1) is 0 Å². The normalized spacial score (nSPS) is 10.4. The first kappa shape index (κ1) is 12.9. The Morgan fingerprint density at radius 3 is 2.56 bits per heavy atom. The fraction of sp³-hybridized carbons (Fsp3) is 0. The first-order valence-corrected chi connectivity index (χ1v) is 5.56. The molecular weight excluding hydrogens is 283 g/mol. The monoisotopic (exact) mass is 289 g/mol. The second-order valence-corrected chi connectivity index (χ2v) is 4.28. The van der Waals surface area contributed by atoms with Crippen molar-refractivity contribution in [3.05, 3.63) is 45.9 Å². The number of anilines is 3. The molecule has 1 aromatic carbocycles. The molecule has 0 fully saturated rings. The summed E-state index contributed by atoms with van der Waals surface area (Å²) in [6.45, 7) is 0. The first-order valence-electron chi connectivity index (χ1n) is 4.81. The minimum atomic E-state index is -0.921. The fourth-order valence-corrected chi connectivity index (χ4v) is 1.63. The third kappa shape index (κ3) is 2.63. The summed E-state index contributed by atoms with van der Waals surface area (Å²) >= 11 is 11.7. The summed E-state index contributed by atoms with van der Waals surface area (Å²) in [5.41, 5.74) is 5.61. The van der Waals surface area contributed by atoms with Crippen molar-refractivity contribution in [3.63, 3.8) is 0 Å². The zero-order valence-electron chi connectivity index (χ0n) is 8.85. The molecule has 0 aliphatic carbocycles. The Balaban J connectivity index is 2.40. The number of hydrogen-bond donors (Lipinski definition) is 2. The number of benzene rings is 1. The molecule has 3 nitrogen and oxygen atoms in total. The first-order chi connectivity index (χ1) is 8.47. The van der Waals surface area contributed by atoms with E-state index in [9.17, 15) is 8.78 Å². The molecule has 0 spiro atoms. The van der Waals surface area contributed by atoms with Crippen LogP contribution < -0.4 is 11.1 Å². The minimum absolute atomic E-state index is 0.224. The summed E-state index contributed by atoms with van der Waals surface area (Å²) in [5.74, 6) is -2.43. The maximum absolute atomic E-state index is 13.5. The Kier molecular flexibility index (Phi) is 3.54. The lowest BCUT2D eigenvalue weighted by Crippen LogP contribution is -2.03. The van der Waals surface area contributed by atoms with Gasteiger partial charge >= 0.3 is 0 Å². The van der Waals surface area contributed by atoms with Crippen molar-refractivity contribution in [1.29, 1.82) is 0 Å². The topological polar surface area (TPSA) is 50.9 Å². The summed E-state index contributed by atoms with van der Waals surface area (Å²) in [4.78, 5) is 3.55. The highest BCUT2D eigenvalue weighted by molar-refractivity contribution is 6.35. The van der Waals surface area contributed by atoms with Crippen molar-refractivity contribution < 1.29 is 8.78 Å². The van der Waals surface area contributed by atoms with Crippen molar-refractivity contribution in [1.82, 2.24) is 4.98 Å². The molecular formula is C11H7Cl2F2N3. The Bertz CT molecular complexity index is 605. The van der Waals surface area contributed by atoms with Crippen molar-refractivity contribution in [2.24, 2.45) is 0 Å². The van der Waals surface area contributed by atoms with Crippen LogP contribution in [0.3, 0.4) is 0 Å². The average molecular weight is 290 g/mol. The van der Waals surface area contributed by atoms with E-state index in [-0.39, 0.29) is 5.82 Å². The minimum Gasteiger partial charge on any atom is -0.381 e. The van der Waals surface area contributed by atoms with Crippen LogP contribution >= 0.6 is 23.2 Å². The molecule has 94 valence electrons. The summed E-state index contributed by atoms with van der Waals surface area (Å²) < 4.78 is 26.4. The van der Waals surface area contributed by atoms with E-state index in [1.165, 1.54) is 12.1 Å². The van der Waals surface area contributed by atoms with Crippen LogP contribution in [0, 0.1) is 11.6 Å². The van der Waals surface area contributed by atoms with Gasteiger partial charge in [-0.05, 0) is 18.2 Å². The van der Waals surface area contributed by atoms with Crippen LogP contribution in [0.4, 0.5) is 26.1 Å². The number of aromatic nitrogens is 1. The van der Waals surface area contributed by atoms with Crippen molar-refractivity contribution in [3.8, 4) is 0 Å². The van der Waals surface area contributed by atoms with Gasteiger partial charge in [-0.2, -0.15) is 0 Å². The van der Waals surface area contributed by atoms with Gasteiger partial charge < -0.3 is 11.1 Å². The van der Waals surface area contributed by atoms with Crippen molar-refractivity contribution in [2.45, 2.75) is 0 Å². The number of rotatable bonds is 2. The van der Waals surface area contributed by atoms with Crippen LogP contribution in [0.15, 0.2) is 24.3 Å². The smallest absolute Gasteiger partial charge is 0.169 e. The van der Waals surface area contributed by atoms with E-state index in [1.54, 1.807) is 6.07 Å². The Labute approximate surface area is 112 Å².